The number of hydrogen-bond donors (Lipinski definition) is 0. The van der Waals surface area contributed by atoms with Crippen molar-refractivity contribution in [3.05, 3.63) is 34.3 Å². The van der Waals surface area contributed by atoms with Crippen LogP contribution < -0.4 is 0 Å². The van der Waals surface area contributed by atoms with E-state index in [0.29, 0.717) is 16.9 Å². The van der Waals surface area contributed by atoms with Gasteiger partial charge in [0.15, 0.2) is 0 Å². The van der Waals surface area contributed by atoms with Gasteiger partial charge in [0.05, 0.1) is 11.3 Å². The van der Waals surface area contributed by atoms with Crippen molar-refractivity contribution in [2.45, 2.75) is 33.1 Å². The van der Waals surface area contributed by atoms with Gasteiger partial charge in [0.2, 0.25) is 5.70 Å². The van der Waals surface area contributed by atoms with Gasteiger partial charge in [-0.05, 0) is 19.4 Å². The predicted octanol–water partition coefficient (Wildman–Crippen LogP) is 3.60. The minimum absolute atomic E-state index is 0.155. The summed E-state index contributed by atoms with van der Waals surface area (Å²) in [7, 11) is 1.93. The van der Waals surface area contributed by atoms with Gasteiger partial charge in [-0.3, -0.25) is 10.1 Å². The summed E-state index contributed by atoms with van der Waals surface area (Å²) in [5.74, 6) is 0.646. The fourth-order valence-electron chi connectivity index (χ4n) is 1.43. The van der Waals surface area contributed by atoms with Gasteiger partial charge in [0.25, 0.3) is 0 Å². The molecule has 0 unspecified atom stereocenters. The molecule has 0 aliphatic heterocycles. The van der Waals surface area contributed by atoms with Crippen molar-refractivity contribution in [2.75, 3.05) is 18.9 Å². The average molecular weight is 332 g/mol. The second-order valence-corrected chi connectivity index (χ2v) is 4.97. The van der Waals surface area contributed by atoms with Gasteiger partial charge >= 0.3 is 0 Å². The van der Waals surface area contributed by atoms with Crippen LogP contribution in [0.2, 0.25) is 0 Å². The maximum atomic E-state index is 10.8. The van der Waals surface area contributed by atoms with Crippen molar-refractivity contribution in [3.63, 3.8) is 0 Å². The van der Waals surface area contributed by atoms with Crippen LogP contribution in [0, 0.1) is 10.1 Å². The number of halogens is 1. The molecule has 0 N–H and O–H groups in total. The summed E-state index contributed by atoms with van der Waals surface area (Å²) in [6.45, 7) is 8.69. The van der Waals surface area contributed by atoms with E-state index >= 15 is 0 Å². The Labute approximate surface area is 123 Å². The first-order chi connectivity index (χ1) is 8.92. The fourth-order valence-corrected chi connectivity index (χ4v) is 1.81. The third kappa shape index (κ3) is 7.77. The van der Waals surface area contributed by atoms with E-state index in [-0.39, 0.29) is 17.0 Å². The molecule has 6 heteroatoms. The van der Waals surface area contributed by atoms with Crippen molar-refractivity contribution in [3.8, 4) is 0 Å². The summed E-state index contributed by atoms with van der Waals surface area (Å²) in [4.78, 5) is 16.7. The number of allylic oxidation sites excluding steroid dienone is 2. The van der Waals surface area contributed by atoms with Crippen LogP contribution in [0.5, 0.6) is 0 Å². The Morgan fingerprint density at radius 3 is 2.68 bits per heavy atom. The maximum absolute atomic E-state index is 10.8. The smallest absolute Gasteiger partial charge is 0.248 e. The summed E-state index contributed by atoms with van der Waals surface area (Å²) in [5.41, 5.74) is 0.847. The number of hydrogen-bond acceptors (Lipinski definition) is 4. The first kappa shape index (κ1) is 17.8. The van der Waals surface area contributed by atoms with Crippen LogP contribution in [0.1, 0.15) is 33.1 Å². The molecule has 0 heterocycles. The molecule has 108 valence electrons. The first-order valence-electron chi connectivity index (χ1n) is 6.25. The van der Waals surface area contributed by atoms with E-state index in [1.807, 2.05) is 11.9 Å². The molecule has 0 aromatic rings. The third-order valence-corrected chi connectivity index (χ3v) is 2.92. The van der Waals surface area contributed by atoms with Gasteiger partial charge in [-0.1, -0.05) is 35.9 Å². The minimum atomic E-state index is -0.371. The van der Waals surface area contributed by atoms with E-state index in [1.54, 1.807) is 13.0 Å². The summed E-state index contributed by atoms with van der Waals surface area (Å²) >= 11 is 3.16. The van der Waals surface area contributed by atoms with Crippen LogP contribution >= 0.6 is 15.9 Å². The Balaban J connectivity index is 4.59. The van der Waals surface area contributed by atoms with Crippen molar-refractivity contribution in [1.82, 2.24) is 4.90 Å². The van der Waals surface area contributed by atoms with Gasteiger partial charge in [-0.15, -0.1) is 0 Å². The van der Waals surface area contributed by atoms with E-state index in [1.165, 1.54) is 0 Å². The highest BCUT2D eigenvalue weighted by molar-refractivity contribution is 9.09. The highest BCUT2D eigenvalue weighted by Gasteiger charge is 2.12. The van der Waals surface area contributed by atoms with Crippen LogP contribution in [0.4, 0.5) is 0 Å². The zero-order valence-electron chi connectivity index (χ0n) is 11.9. The van der Waals surface area contributed by atoms with Crippen molar-refractivity contribution >= 4 is 21.6 Å². The molecule has 0 amide bonds. The molecule has 19 heavy (non-hydrogen) atoms. The molecule has 0 aliphatic rings. The second kappa shape index (κ2) is 9.72. The lowest BCUT2D eigenvalue weighted by molar-refractivity contribution is -0.426. The Bertz CT molecular complexity index is 378. The van der Waals surface area contributed by atoms with Crippen LogP contribution in [0.15, 0.2) is 29.2 Å². The topological polar surface area (TPSA) is 58.7 Å². The Hall–Kier alpha value is -1.17. The number of rotatable bonds is 9. The van der Waals surface area contributed by atoms with Gasteiger partial charge in [0.1, 0.15) is 5.82 Å². The summed E-state index contributed by atoms with van der Waals surface area (Å²) in [6, 6.07) is 0. The van der Waals surface area contributed by atoms with Crippen LogP contribution in [-0.4, -0.2) is 34.5 Å². The standard InChI is InChI=1S/C13H22BrN3O2/c1-5-6-9-16(4)12(3)15-11(2)10-13(7-8-14)17(18)19/h7H,3,5-6,8-10H2,1-2,4H3/b13-7+,15-11?. The minimum Gasteiger partial charge on any atom is -0.360 e. The fraction of sp³-hybridized carbons (Fsp3) is 0.615. The zero-order chi connectivity index (χ0) is 14.8. The van der Waals surface area contributed by atoms with Crippen molar-refractivity contribution in [1.29, 1.82) is 0 Å². The number of nitrogens with zero attached hydrogens (tertiary/aromatic N) is 3. The molecule has 0 aromatic heterocycles. The number of nitro groups is 1. The van der Waals surface area contributed by atoms with Gasteiger partial charge in [0, 0.05) is 24.6 Å². The Morgan fingerprint density at radius 2 is 2.21 bits per heavy atom. The largest absolute Gasteiger partial charge is 0.360 e. The molecule has 0 rings (SSSR count). The lowest BCUT2D eigenvalue weighted by Crippen LogP contribution is -2.18. The predicted molar refractivity (Wildman–Crippen MR) is 83.3 cm³/mol. The molecule has 0 bridgehead atoms. The molecule has 0 saturated heterocycles. The molecular formula is C13H22BrN3O2. The lowest BCUT2D eigenvalue weighted by Gasteiger charge is -2.18. The molecule has 0 fully saturated rings. The van der Waals surface area contributed by atoms with Crippen LogP contribution in [-0.2, 0) is 0 Å². The van der Waals surface area contributed by atoms with Gasteiger partial charge in [-0.2, -0.15) is 0 Å². The molecule has 0 radical (unpaired) electrons. The summed E-state index contributed by atoms with van der Waals surface area (Å²) in [5, 5.41) is 11.3. The summed E-state index contributed by atoms with van der Waals surface area (Å²) < 4.78 is 0. The van der Waals surface area contributed by atoms with E-state index < -0.39 is 0 Å². The van der Waals surface area contributed by atoms with E-state index in [4.69, 9.17) is 0 Å². The molecule has 0 atom stereocenters. The van der Waals surface area contributed by atoms with Crippen molar-refractivity contribution in [2.24, 2.45) is 4.99 Å². The second-order valence-electron chi connectivity index (χ2n) is 4.32. The highest BCUT2D eigenvalue weighted by atomic mass is 79.9. The summed E-state index contributed by atoms with van der Waals surface area (Å²) in [6.07, 6.45) is 3.97. The zero-order valence-corrected chi connectivity index (χ0v) is 13.4. The first-order valence-corrected chi connectivity index (χ1v) is 7.38. The van der Waals surface area contributed by atoms with Crippen molar-refractivity contribution < 1.29 is 4.92 Å². The maximum Gasteiger partial charge on any atom is 0.248 e. The Kier molecular flexibility index (Phi) is 9.12. The van der Waals surface area contributed by atoms with Gasteiger partial charge < -0.3 is 4.90 Å². The van der Waals surface area contributed by atoms with Gasteiger partial charge in [-0.25, -0.2) is 4.99 Å². The molecular weight excluding hydrogens is 310 g/mol. The number of alkyl halides is 1. The van der Waals surface area contributed by atoms with E-state index in [9.17, 15) is 10.1 Å². The highest BCUT2D eigenvalue weighted by Crippen LogP contribution is 2.09. The Morgan fingerprint density at radius 1 is 1.58 bits per heavy atom. The molecule has 0 spiro atoms. The number of aliphatic imine (C=N–C) groups is 1. The quantitative estimate of drug-likeness (QED) is 0.281. The monoisotopic (exact) mass is 331 g/mol. The lowest BCUT2D eigenvalue weighted by atomic mass is 10.2. The van der Waals surface area contributed by atoms with Crippen LogP contribution in [0.3, 0.4) is 0 Å². The SMILES string of the molecule is C=C(N=C(C)C/C(=C\CBr)[N+](=O)[O-])N(C)CCCC. The van der Waals surface area contributed by atoms with Crippen LogP contribution in [0.25, 0.3) is 0 Å². The third-order valence-electron chi connectivity index (χ3n) is 2.59. The number of unbranched alkanes of at least 4 members (excludes halogenated alkanes) is 1. The molecule has 0 aliphatic carbocycles. The average Bonchev–Trinajstić information content (AvgIpc) is 2.34. The van der Waals surface area contributed by atoms with E-state index in [0.717, 1.165) is 19.4 Å². The van der Waals surface area contributed by atoms with E-state index in [2.05, 4.69) is 34.4 Å². The normalized spacial score (nSPS) is 12.4. The molecule has 5 nitrogen and oxygen atoms in total. The molecule has 0 saturated carbocycles. The molecule has 0 aromatic carbocycles.